The van der Waals surface area contributed by atoms with Gasteiger partial charge in [-0.05, 0) is 50.7 Å². The zero-order valence-electron chi connectivity index (χ0n) is 18.7. The minimum Gasteiger partial charge on any atom is -0.475 e. The van der Waals surface area contributed by atoms with Crippen molar-refractivity contribution in [1.29, 1.82) is 0 Å². The number of halogens is 3. The molecule has 0 aromatic carbocycles. The van der Waals surface area contributed by atoms with Crippen LogP contribution in [0.5, 0.6) is 0 Å². The summed E-state index contributed by atoms with van der Waals surface area (Å²) in [5.74, 6) is -1.68. The van der Waals surface area contributed by atoms with Crippen molar-refractivity contribution in [2.45, 2.75) is 51.7 Å². The van der Waals surface area contributed by atoms with E-state index < -0.39 is 22.2 Å². The first-order valence-corrected chi connectivity index (χ1v) is 12.4. The highest BCUT2D eigenvalue weighted by atomic mass is 32.2. The summed E-state index contributed by atoms with van der Waals surface area (Å²) in [4.78, 5) is 26.3. The van der Waals surface area contributed by atoms with Crippen molar-refractivity contribution in [3.8, 4) is 0 Å². The monoisotopic (exact) mass is 494 g/mol. The molecule has 1 aromatic rings. The summed E-state index contributed by atoms with van der Waals surface area (Å²) in [6.07, 6.45) is -0.360. The second-order valence-corrected chi connectivity index (χ2v) is 10.4. The SMILES string of the molecule is CC(C)Nc1nc2c(cc1C(=O)NCC1CC1)CCN(S(C)(=O)=O)CC2.O=C(O)C(F)(F)F. The Balaban J connectivity index is 0.000000479. The first-order chi connectivity index (χ1) is 15.2. The number of alkyl halides is 3. The first-order valence-electron chi connectivity index (χ1n) is 10.5. The number of nitrogens with zero attached hydrogens (tertiary/aromatic N) is 2. The summed E-state index contributed by atoms with van der Waals surface area (Å²) >= 11 is 0. The van der Waals surface area contributed by atoms with E-state index in [1.165, 1.54) is 23.4 Å². The minimum absolute atomic E-state index is 0.112. The molecule has 13 heteroatoms. The van der Waals surface area contributed by atoms with Crippen LogP contribution in [0.3, 0.4) is 0 Å². The zero-order chi connectivity index (χ0) is 25.0. The third-order valence-electron chi connectivity index (χ3n) is 5.05. The fourth-order valence-electron chi connectivity index (χ4n) is 3.16. The lowest BCUT2D eigenvalue weighted by Gasteiger charge is -2.17. The molecule has 0 saturated heterocycles. The molecule has 1 amide bonds. The number of hydrogen-bond acceptors (Lipinski definition) is 6. The fourth-order valence-corrected chi connectivity index (χ4v) is 4.00. The van der Waals surface area contributed by atoms with Crippen molar-refractivity contribution in [3.05, 3.63) is 22.9 Å². The molecule has 3 rings (SSSR count). The molecule has 1 aliphatic carbocycles. The minimum atomic E-state index is -5.08. The second kappa shape index (κ2) is 10.7. The number of hydrogen-bond donors (Lipinski definition) is 3. The number of carbonyl (C=O) groups is 2. The van der Waals surface area contributed by atoms with Crippen LogP contribution in [0.4, 0.5) is 19.0 Å². The molecule has 0 atom stereocenters. The molecule has 0 bridgehead atoms. The lowest BCUT2D eigenvalue weighted by atomic mass is 10.0. The van der Waals surface area contributed by atoms with E-state index in [1.807, 2.05) is 19.9 Å². The maximum absolute atomic E-state index is 12.7. The predicted octanol–water partition coefficient (Wildman–Crippen LogP) is 2.04. The fraction of sp³-hybridized carbons (Fsp3) is 0.650. The Morgan fingerprint density at radius 3 is 2.30 bits per heavy atom. The Morgan fingerprint density at radius 1 is 1.24 bits per heavy atom. The highest BCUT2D eigenvalue weighted by molar-refractivity contribution is 7.88. The third-order valence-corrected chi connectivity index (χ3v) is 6.35. The number of carboxylic acid groups (broad SMARTS) is 1. The standard InChI is InChI=1S/C18H28N4O3S.C2HF3O2/c1-12(2)20-17-15(18(23)19-11-13-4-5-13)10-14-6-8-22(26(3,24)25)9-7-16(14)21-17;3-2(4,5)1(6)7/h10,12-13H,4-9,11H2,1-3H3,(H,19,23)(H,20,21);(H,6,7). The average molecular weight is 495 g/mol. The van der Waals surface area contributed by atoms with E-state index in [2.05, 4.69) is 10.6 Å². The molecule has 1 aliphatic heterocycles. The van der Waals surface area contributed by atoms with Crippen LogP contribution >= 0.6 is 0 Å². The lowest BCUT2D eigenvalue weighted by molar-refractivity contribution is -0.192. The van der Waals surface area contributed by atoms with E-state index in [-0.39, 0.29) is 11.9 Å². The van der Waals surface area contributed by atoms with Gasteiger partial charge >= 0.3 is 12.1 Å². The van der Waals surface area contributed by atoms with Gasteiger partial charge in [-0.25, -0.2) is 22.5 Å². The van der Waals surface area contributed by atoms with Gasteiger partial charge in [-0.1, -0.05) is 0 Å². The Hall–Kier alpha value is -2.41. The van der Waals surface area contributed by atoms with Crippen molar-refractivity contribution in [3.63, 3.8) is 0 Å². The summed E-state index contributed by atoms with van der Waals surface area (Å²) in [7, 11) is -3.22. The summed E-state index contributed by atoms with van der Waals surface area (Å²) in [6.45, 7) is 5.56. The molecule has 1 aromatic heterocycles. The van der Waals surface area contributed by atoms with E-state index in [1.54, 1.807) is 0 Å². The lowest BCUT2D eigenvalue weighted by Crippen LogP contribution is -2.32. The molecule has 3 N–H and O–H groups in total. The van der Waals surface area contributed by atoms with E-state index in [9.17, 15) is 26.4 Å². The number of fused-ring (bicyclic) bond motifs is 1. The summed E-state index contributed by atoms with van der Waals surface area (Å²) in [6, 6.07) is 2.04. The van der Waals surface area contributed by atoms with Crippen LogP contribution in [-0.4, -0.2) is 72.8 Å². The van der Waals surface area contributed by atoms with Gasteiger partial charge < -0.3 is 15.7 Å². The van der Waals surface area contributed by atoms with Gasteiger partial charge in [-0.3, -0.25) is 4.79 Å². The number of sulfonamides is 1. The van der Waals surface area contributed by atoms with Crippen molar-refractivity contribution < 1.29 is 36.3 Å². The number of carbonyl (C=O) groups excluding carboxylic acids is 1. The topological polar surface area (TPSA) is 129 Å². The molecule has 0 spiro atoms. The number of carboxylic acids is 1. The molecule has 0 unspecified atom stereocenters. The molecular formula is C20H29F3N4O5S. The van der Waals surface area contributed by atoms with Gasteiger partial charge in [0.2, 0.25) is 10.0 Å². The van der Waals surface area contributed by atoms with E-state index in [4.69, 9.17) is 14.9 Å². The molecule has 2 aliphatic rings. The number of aliphatic carboxylic acids is 1. The molecular weight excluding hydrogens is 465 g/mol. The predicted molar refractivity (Wildman–Crippen MR) is 116 cm³/mol. The van der Waals surface area contributed by atoms with Gasteiger partial charge in [-0.15, -0.1) is 0 Å². The summed E-state index contributed by atoms with van der Waals surface area (Å²) < 4.78 is 56.9. The number of rotatable bonds is 6. The molecule has 1 fully saturated rings. The highest BCUT2D eigenvalue weighted by Gasteiger charge is 2.38. The van der Waals surface area contributed by atoms with Crippen molar-refractivity contribution in [1.82, 2.24) is 14.6 Å². The van der Waals surface area contributed by atoms with Crippen molar-refractivity contribution >= 4 is 27.7 Å². The molecule has 33 heavy (non-hydrogen) atoms. The van der Waals surface area contributed by atoms with Gasteiger partial charge in [0, 0.05) is 37.8 Å². The zero-order valence-corrected chi connectivity index (χ0v) is 19.5. The molecule has 2 heterocycles. The molecule has 186 valence electrons. The van der Waals surface area contributed by atoms with Crippen LogP contribution in [0.25, 0.3) is 0 Å². The third kappa shape index (κ3) is 8.46. The maximum Gasteiger partial charge on any atom is 0.490 e. The Kier molecular flexibility index (Phi) is 8.69. The van der Waals surface area contributed by atoms with Crippen LogP contribution in [0, 0.1) is 5.92 Å². The van der Waals surface area contributed by atoms with Gasteiger partial charge in [0.15, 0.2) is 0 Å². The van der Waals surface area contributed by atoms with Gasteiger partial charge in [-0.2, -0.15) is 13.2 Å². The number of aromatic nitrogens is 1. The van der Waals surface area contributed by atoms with E-state index >= 15 is 0 Å². The number of nitrogens with one attached hydrogen (secondary N) is 2. The van der Waals surface area contributed by atoms with Crippen LogP contribution < -0.4 is 10.6 Å². The summed E-state index contributed by atoms with van der Waals surface area (Å²) in [5, 5.41) is 13.4. The smallest absolute Gasteiger partial charge is 0.475 e. The first kappa shape index (κ1) is 26.8. The molecule has 0 radical (unpaired) electrons. The summed E-state index contributed by atoms with van der Waals surface area (Å²) in [5.41, 5.74) is 2.38. The molecule has 1 saturated carbocycles. The highest BCUT2D eigenvalue weighted by Crippen LogP contribution is 2.28. The number of anilines is 1. The largest absolute Gasteiger partial charge is 0.490 e. The Morgan fingerprint density at radius 2 is 1.82 bits per heavy atom. The van der Waals surface area contributed by atoms with Crippen LogP contribution in [0.15, 0.2) is 6.07 Å². The molecule has 9 nitrogen and oxygen atoms in total. The van der Waals surface area contributed by atoms with Crippen LogP contribution in [0.2, 0.25) is 0 Å². The van der Waals surface area contributed by atoms with Gasteiger partial charge in [0.05, 0.1) is 11.8 Å². The Labute approximate surface area is 190 Å². The normalized spacial score (nSPS) is 16.8. The van der Waals surface area contributed by atoms with E-state index in [0.29, 0.717) is 49.8 Å². The maximum atomic E-state index is 12.7. The quantitative estimate of drug-likeness (QED) is 0.552. The second-order valence-electron chi connectivity index (χ2n) is 8.41. The number of pyridine rings is 1. The average Bonchev–Trinajstić information content (AvgIpc) is 3.50. The van der Waals surface area contributed by atoms with E-state index in [0.717, 1.165) is 11.3 Å². The van der Waals surface area contributed by atoms with Crippen molar-refractivity contribution in [2.75, 3.05) is 31.2 Å². The van der Waals surface area contributed by atoms with Crippen LogP contribution in [0.1, 0.15) is 48.3 Å². The Bertz CT molecular complexity index is 979. The van der Waals surface area contributed by atoms with Crippen molar-refractivity contribution in [2.24, 2.45) is 5.92 Å². The van der Waals surface area contributed by atoms with Gasteiger partial charge in [0.25, 0.3) is 5.91 Å². The van der Waals surface area contributed by atoms with Crippen LogP contribution in [-0.2, 0) is 27.7 Å². The number of amides is 1. The van der Waals surface area contributed by atoms with Gasteiger partial charge in [0.1, 0.15) is 5.82 Å².